The van der Waals surface area contributed by atoms with Crippen molar-refractivity contribution in [2.75, 3.05) is 7.11 Å². The van der Waals surface area contributed by atoms with Gasteiger partial charge >= 0.3 is 12.0 Å². The Morgan fingerprint density at radius 2 is 1.88 bits per heavy atom. The van der Waals surface area contributed by atoms with Crippen molar-refractivity contribution in [1.29, 1.82) is 0 Å². The van der Waals surface area contributed by atoms with Gasteiger partial charge in [-0.1, -0.05) is 23.2 Å². The average Bonchev–Trinajstić information content (AvgIpc) is 2.28. The number of carbonyl (C=O) groups excluding carboxylic acids is 2. The molecule has 2 amide bonds. The van der Waals surface area contributed by atoms with Gasteiger partial charge in [-0.05, 0) is 12.1 Å². The first-order chi connectivity index (χ1) is 7.97. The molecule has 0 heterocycles. The number of benzene rings is 1. The summed E-state index contributed by atoms with van der Waals surface area (Å²) in [7, 11) is 1.32. The van der Waals surface area contributed by atoms with Crippen molar-refractivity contribution < 1.29 is 19.2 Å². The zero-order chi connectivity index (χ0) is 13.0. The van der Waals surface area contributed by atoms with Gasteiger partial charge in [0.05, 0.1) is 17.2 Å². The van der Waals surface area contributed by atoms with E-state index in [1.54, 1.807) is 5.48 Å². The molecule has 1 aromatic rings. The molecule has 0 spiro atoms. The minimum atomic E-state index is -1.02. The molecule has 0 unspecified atom stereocenters. The van der Waals surface area contributed by atoms with Crippen molar-refractivity contribution in [2.24, 2.45) is 5.73 Å². The van der Waals surface area contributed by atoms with Crippen molar-refractivity contribution in [3.63, 3.8) is 0 Å². The Morgan fingerprint density at radius 3 is 2.41 bits per heavy atom. The lowest BCUT2D eigenvalue weighted by Gasteiger charge is -2.10. The molecule has 6 nitrogen and oxygen atoms in total. The third-order valence-corrected chi connectivity index (χ3v) is 2.32. The van der Waals surface area contributed by atoms with E-state index in [1.165, 1.54) is 19.2 Å². The molecule has 0 aliphatic heterocycles. The molecule has 1 rings (SSSR count). The molecule has 0 saturated heterocycles. The first kappa shape index (κ1) is 13.4. The standard InChI is InChI=1S/C9H8Cl2N2O4/c1-16-7-5(11)3-2-4(10)6(7)8(14)17-13-9(12)15/h2-3H,1H3,(H3,12,13,15). The van der Waals surface area contributed by atoms with Crippen molar-refractivity contribution in [3.8, 4) is 5.75 Å². The summed E-state index contributed by atoms with van der Waals surface area (Å²) >= 11 is 11.6. The molecular weight excluding hydrogens is 271 g/mol. The zero-order valence-corrected chi connectivity index (χ0v) is 10.1. The third kappa shape index (κ3) is 3.15. The number of carbonyl (C=O) groups is 2. The summed E-state index contributed by atoms with van der Waals surface area (Å²) in [4.78, 5) is 26.4. The number of hydroxylamine groups is 1. The highest BCUT2D eigenvalue weighted by Gasteiger charge is 2.21. The Balaban J connectivity index is 3.07. The summed E-state index contributed by atoms with van der Waals surface area (Å²) in [5, 5.41) is 0.255. The fraction of sp³-hybridized carbons (Fsp3) is 0.111. The quantitative estimate of drug-likeness (QED) is 0.807. The van der Waals surface area contributed by atoms with Crippen LogP contribution in [0, 0.1) is 0 Å². The van der Waals surface area contributed by atoms with Gasteiger partial charge in [-0.25, -0.2) is 9.59 Å². The van der Waals surface area contributed by atoms with Gasteiger partial charge < -0.3 is 15.3 Å². The van der Waals surface area contributed by atoms with Crippen LogP contribution in [0.4, 0.5) is 4.79 Å². The second-order valence-corrected chi connectivity index (χ2v) is 3.61. The molecule has 1 aromatic carbocycles. The normalized spacial score (nSPS) is 9.59. The van der Waals surface area contributed by atoms with Crippen LogP contribution in [0.25, 0.3) is 0 Å². The number of nitrogens with two attached hydrogens (primary N) is 1. The average molecular weight is 279 g/mol. The number of amides is 2. The van der Waals surface area contributed by atoms with E-state index < -0.39 is 12.0 Å². The Labute approximate surface area is 107 Å². The van der Waals surface area contributed by atoms with E-state index in [0.717, 1.165) is 0 Å². The highest BCUT2D eigenvalue weighted by molar-refractivity contribution is 6.37. The maximum Gasteiger partial charge on any atom is 0.368 e. The molecule has 92 valence electrons. The number of hydrogen-bond acceptors (Lipinski definition) is 4. The van der Waals surface area contributed by atoms with Crippen LogP contribution in [0.5, 0.6) is 5.75 Å². The van der Waals surface area contributed by atoms with Crippen molar-refractivity contribution in [2.45, 2.75) is 0 Å². The van der Waals surface area contributed by atoms with Crippen LogP contribution in [0.3, 0.4) is 0 Å². The number of ether oxygens (including phenoxy) is 1. The third-order valence-electron chi connectivity index (χ3n) is 1.71. The minimum absolute atomic E-state index is 0.0513. The molecule has 0 radical (unpaired) electrons. The summed E-state index contributed by atoms with van der Waals surface area (Å²) in [6, 6.07) is 1.84. The van der Waals surface area contributed by atoms with Gasteiger partial charge in [-0.2, -0.15) is 5.48 Å². The predicted molar refractivity (Wildman–Crippen MR) is 61.1 cm³/mol. The van der Waals surface area contributed by atoms with Crippen LogP contribution in [0.2, 0.25) is 10.0 Å². The van der Waals surface area contributed by atoms with Gasteiger partial charge in [0.2, 0.25) is 0 Å². The molecular formula is C9H8Cl2N2O4. The molecule has 0 bridgehead atoms. The molecule has 0 aromatic heterocycles. The van der Waals surface area contributed by atoms with Gasteiger partial charge in [0.1, 0.15) is 5.56 Å². The highest BCUT2D eigenvalue weighted by atomic mass is 35.5. The lowest BCUT2D eigenvalue weighted by molar-refractivity contribution is 0.0332. The van der Waals surface area contributed by atoms with Crippen molar-refractivity contribution in [1.82, 2.24) is 5.48 Å². The lowest BCUT2D eigenvalue weighted by atomic mass is 10.2. The van der Waals surface area contributed by atoms with Crippen LogP contribution in [-0.4, -0.2) is 19.1 Å². The maximum absolute atomic E-state index is 11.6. The van der Waals surface area contributed by atoms with Crippen LogP contribution in [0.1, 0.15) is 10.4 Å². The van der Waals surface area contributed by atoms with Crippen LogP contribution >= 0.6 is 23.2 Å². The first-order valence-electron chi connectivity index (χ1n) is 4.26. The van der Waals surface area contributed by atoms with Gasteiger partial charge in [0, 0.05) is 0 Å². The summed E-state index contributed by atoms with van der Waals surface area (Å²) < 4.78 is 4.92. The summed E-state index contributed by atoms with van der Waals surface area (Å²) in [6.07, 6.45) is 0. The van der Waals surface area contributed by atoms with Crippen LogP contribution < -0.4 is 16.0 Å². The second-order valence-electron chi connectivity index (χ2n) is 2.79. The monoisotopic (exact) mass is 278 g/mol. The van der Waals surface area contributed by atoms with Gasteiger partial charge in [0.25, 0.3) is 0 Å². The van der Waals surface area contributed by atoms with E-state index in [-0.39, 0.29) is 21.4 Å². The number of primary amides is 1. The Kier molecular flexibility index (Phi) is 4.42. The minimum Gasteiger partial charge on any atom is -0.494 e. The predicted octanol–water partition coefficient (Wildman–Crippen LogP) is 1.74. The molecule has 0 atom stereocenters. The molecule has 3 N–H and O–H groups in total. The SMILES string of the molecule is COc1c(Cl)ccc(Cl)c1C(=O)ONC(N)=O. The van der Waals surface area contributed by atoms with E-state index >= 15 is 0 Å². The molecule has 0 saturated carbocycles. The number of methoxy groups -OCH3 is 1. The van der Waals surface area contributed by atoms with E-state index in [9.17, 15) is 9.59 Å². The molecule has 0 fully saturated rings. The fourth-order valence-corrected chi connectivity index (χ4v) is 1.53. The molecule has 0 aliphatic rings. The largest absolute Gasteiger partial charge is 0.494 e. The summed E-state index contributed by atoms with van der Waals surface area (Å²) in [6.45, 7) is 0. The zero-order valence-electron chi connectivity index (χ0n) is 8.62. The van der Waals surface area contributed by atoms with Crippen LogP contribution in [-0.2, 0) is 4.84 Å². The first-order valence-corrected chi connectivity index (χ1v) is 5.01. The number of nitrogens with one attached hydrogen (secondary N) is 1. The number of rotatable bonds is 2. The van der Waals surface area contributed by atoms with E-state index in [0.29, 0.717) is 0 Å². The van der Waals surface area contributed by atoms with Crippen LogP contribution in [0.15, 0.2) is 12.1 Å². The number of hydrogen-bond donors (Lipinski definition) is 2. The number of urea groups is 1. The van der Waals surface area contributed by atoms with Gasteiger partial charge in [-0.3, -0.25) is 0 Å². The lowest BCUT2D eigenvalue weighted by Crippen LogP contribution is -2.32. The van der Waals surface area contributed by atoms with E-state index in [4.69, 9.17) is 33.7 Å². The summed E-state index contributed by atoms with van der Waals surface area (Å²) in [5.74, 6) is -0.886. The van der Waals surface area contributed by atoms with Gasteiger partial charge in [-0.15, -0.1) is 0 Å². The van der Waals surface area contributed by atoms with E-state index in [1.807, 2.05) is 0 Å². The number of halogens is 2. The Bertz CT molecular complexity index is 465. The van der Waals surface area contributed by atoms with Crippen molar-refractivity contribution >= 4 is 35.2 Å². The summed E-state index contributed by atoms with van der Waals surface area (Å²) in [5.41, 5.74) is 6.31. The maximum atomic E-state index is 11.6. The van der Waals surface area contributed by atoms with Crippen molar-refractivity contribution in [3.05, 3.63) is 27.7 Å². The Morgan fingerprint density at radius 1 is 1.29 bits per heavy atom. The topological polar surface area (TPSA) is 90.7 Å². The highest BCUT2D eigenvalue weighted by Crippen LogP contribution is 2.34. The smallest absolute Gasteiger partial charge is 0.368 e. The molecule has 17 heavy (non-hydrogen) atoms. The van der Waals surface area contributed by atoms with Gasteiger partial charge in [0.15, 0.2) is 5.75 Å². The second kappa shape index (κ2) is 5.60. The molecule has 0 aliphatic carbocycles. The van der Waals surface area contributed by atoms with E-state index in [2.05, 4.69) is 4.84 Å². The Hall–Kier alpha value is -1.66. The fourth-order valence-electron chi connectivity index (χ4n) is 1.07. The molecule has 8 heteroatoms.